The van der Waals surface area contributed by atoms with Gasteiger partial charge < -0.3 is 1.43 Å². The van der Waals surface area contributed by atoms with Crippen molar-refractivity contribution >= 4 is 19.2 Å². The van der Waals surface area contributed by atoms with Crippen molar-refractivity contribution in [2.24, 2.45) is 5.11 Å². The molecule has 0 saturated heterocycles. The smallest absolute Gasteiger partial charge is 1.00 e. The van der Waals surface area contributed by atoms with Crippen molar-refractivity contribution in [2.45, 2.75) is 26.2 Å². The number of nitrogens with zero attached hydrogens (tertiary/aromatic N) is 3. The van der Waals surface area contributed by atoms with Crippen LogP contribution in [0.15, 0.2) is 65.8 Å². The zero-order valence-electron chi connectivity index (χ0n) is 14.4. The summed E-state index contributed by atoms with van der Waals surface area (Å²) in [5.41, 5.74) is 7.82. The van der Waals surface area contributed by atoms with E-state index in [2.05, 4.69) is 77.6 Å². The largest absolute Gasteiger partial charge is 1.00 e. The maximum absolute atomic E-state index is 7.82. The van der Waals surface area contributed by atoms with E-state index < -0.39 is 0 Å². The van der Waals surface area contributed by atoms with Gasteiger partial charge in [-0.3, -0.25) is 0 Å². The van der Waals surface area contributed by atoms with Crippen molar-refractivity contribution in [1.29, 1.82) is 0 Å². The van der Waals surface area contributed by atoms with E-state index in [-0.39, 0.29) is 31.0 Å². The molecular formula is C17H23N3NaP. The second kappa shape index (κ2) is 15.1. The minimum absolute atomic E-state index is 0. The number of hydrogen-bond donors (Lipinski definition) is 0. The van der Waals surface area contributed by atoms with Crippen LogP contribution in [0.4, 0.5) is 0 Å². The average Bonchev–Trinajstić information content (AvgIpc) is 2.54. The summed E-state index contributed by atoms with van der Waals surface area (Å²) >= 11 is 0. The van der Waals surface area contributed by atoms with Crippen LogP contribution in [-0.2, 0) is 0 Å². The molecule has 0 heterocycles. The molecule has 5 heteroatoms. The second-order valence-electron chi connectivity index (χ2n) is 4.52. The average molecular weight is 323 g/mol. The van der Waals surface area contributed by atoms with Gasteiger partial charge in [0, 0.05) is 11.5 Å². The fourth-order valence-electron chi connectivity index (χ4n) is 1.69. The normalized spacial score (nSPS) is 8.77. The number of unbranched alkanes of at least 4 members (excludes halogenated alkanes) is 2. The summed E-state index contributed by atoms with van der Waals surface area (Å²) in [7, 11) is 0.777. The van der Waals surface area contributed by atoms with Gasteiger partial charge in [-0.15, -0.1) is 0 Å². The Morgan fingerprint density at radius 1 is 0.955 bits per heavy atom. The summed E-state index contributed by atoms with van der Waals surface area (Å²) in [4.78, 5) is 2.63. The predicted octanol–water partition coefficient (Wildman–Crippen LogP) is 1.92. The molecular weight excluding hydrogens is 300 g/mol. The quantitative estimate of drug-likeness (QED) is 0.195. The Bertz CT molecular complexity index is 497. The Balaban J connectivity index is 0. The molecule has 0 aliphatic heterocycles. The molecule has 0 unspecified atom stereocenters. The molecule has 112 valence electrons. The summed E-state index contributed by atoms with van der Waals surface area (Å²) in [5.74, 6) is 0. The maximum Gasteiger partial charge on any atom is 1.00 e. The third-order valence-electron chi connectivity index (χ3n) is 2.76. The Morgan fingerprint density at radius 2 is 1.45 bits per heavy atom. The van der Waals surface area contributed by atoms with Crippen LogP contribution < -0.4 is 40.2 Å². The van der Waals surface area contributed by atoms with Gasteiger partial charge in [0.2, 0.25) is 0 Å². The molecule has 3 nitrogen and oxygen atoms in total. The Morgan fingerprint density at radius 3 is 1.86 bits per heavy atom. The number of rotatable bonds is 6. The third-order valence-corrected chi connectivity index (χ3v) is 4.01. The SMILES string of the molecule is CCCCCN=[N+]=[N-].[H-].[Na+].c1ccc(Pc2ccccc2)cc1. The monoisotopic (exact) mass is 323 g/mol. The first-order valence-electron chi connectivity index (χ1n) is 7.24. The van der Waals surface area contributed by atoms with Crippen LogP contribution in [0.25, 0.3) is 10.4 Å². The van der Waals surface area contributed by atoms with Crippen molar-refractivity contribution in [3.05, 3.63) is 71.1 Å². The molecule has 0 aliphatic rings. The fraction of sp³-hybridized carbons (Fsp3) is 0.294. The van der Waals surface area contributed by atoms with E-state index in [1.165, 1.54) is 23.5 Å². The Kier molecular flexibility index (Phi) is 14.5. The predicted molar refractivity (Wildman–Crippen MR) is 95.1 cm³/mol. The zero-order chi connectivity index (χ0) is 15.2. The summed E-state index contributed by atoms with van der Waals surface area (Å²) in [5, 5.41) is 6.18. The molecule has 22 heavy (non-hydrogen) atoms. The molecule has 0 aliphatic carbocycles. The van der Waals surface area contributed by atoms with E-state index in [9.17, 15) is 0 Å². The first-order valence-corrected chi connectivity index (χ1v) is 8.24. The van der Waals surface area contributed by atoms with Gasteiger partial charge in [-0.2, -0.15) is 0 Å². The van der Waals surface area contributed by atoms with E-state index in [1.54, 1.807) is 0 Å². The maximum atomic E-state index is 7.82. The molecule has 2 rings (SSSR count). The topological polar surface area (TPSA) is 48.8 Å². The summed E-state index contributed by atoms with van der Waals surface area (Å²) in [6.07, 6.45) is 3.38. The van der Waals surface area contributed by atoms with E-state index >= 15 is 0 Å². The van der Waals surface area contributed by atoms with Crippen LogP contribution in [0.3, 0.4) is 0 Å². The van der Waals surface area contributed by atoms with Crippen LogP contribution in [0.5, 0.6) is 0 Å². The summed E-state index contributed by atoms with van der Waals surface area (Å²) in [6.45, 7) is 2.78. The third kappa shape index (κ3) is 10.8. The van der Waals surface area contributed by atoms with Crippen molar-refractivity contribution in [3.63, 3.8) is 0 Å². The summed E-state index contributed by atoms with van der Waals surface area (Å²) < 4.78 is 0. The molecule has 2 aromatic rings. The standard InChI is InChI=1S/C12H11P.C5H11N3.Na.H/c1-3-7-11(8-4-1)13-12-9-5-2-6-10-12;1-2-3-4-5-7-8-6;;/h1-10,13H;2-5H2,1H3;;/q;;+1;-1. The van der Waals surface area contributed by atoms with Crippen LogP contribution in [-0.4, -0.2) is 6.54 Å². The Hall–Kier alpha value is -0.820. The molecule has 0 atom stereocenters. The molecule has 0 radical (unpaired) electrons. The molecule has 0 fully saturated rings. The van der Waals surface area contributed by atoms with Gasteiger partial charge >= 0.3 is 29.6 Å². The van der Waals surface area contributed by atoms with Gasteiger partial charge in [0.15, 0.2) is 0 Å². The van der Waals surface area contributed by atoms with Gasteiger partial charge in [-0.25, -0.2) is 0 Å². The molecule has 0 spiro atoms. The second-order valence-corrected chi connectivity index (χ2v) is 5.92. The zero-order valence-corrected chi connectivity index (χ0v) is 16.4. The van der Waals surface area contributed by atoms with Crippen molar-refractivity contribution in [3.8, 4) is 0 Å². The number of hydrogen-bond acceptors (Lipinski definition) is 1. The first kappa shape index (κ1) is 21.2. The number of benzene rings is 2. The minimum atomic E-state index is 0. The molecule has 2 aromatic carbocycles. The van der Waals surface area contributed by atoms with E-state index in [1.807, 2.05) is 0 Å². The van der Waals surface area contributed by atoms with E-state index in [0.29, 0.717) is 6.54 Å². The van der Waals surface area contributed by atoms with Crippen LogP contribution >= 0.6 is 8.58 Å². The molecule has 0 amide bonds. The first-order chi connectivity index (χ1) is 10.4. The van der Waals surface area contributed by atoms with Crippen LogP contribution in [0, 0.1) is 0 Å². The van der Waals surface area contributed by atoms with E-state index in [4.69, 9.17) is 5.53 Å². The van der Waals surface area contributed by atoms with E-state index in [0.717, 1.165) is 15.0 Å². The van der Waals surface area contributed by atoms with Crippen molar-refractivity contribution < 1.29 is 31.0 Å². The Labute approximate surface area is 158 Å². The van der Waals surface area contributed by atoms with Crippen LogP contribution in [0.2, 0.25) is 0 Å². The molecule has 0 saturated carbocycles. The van der Waals surface area contributed by atoms with Gasteiger partial charge in [0.1, 0.15) is 0 Å². The fourth-order valence-corrected chi connectivity index (χ4v) is 2.74. The van der Waals surface area contributed by atoms with Crippen molar-refractivity contribution in [1.82, 2.24) is 0 Å². The molecule has 0 bridgehead atoms. The molecule has 0 aromatic heterocycles. The van der Waals surface area contributed by atoms with Gasteiger partial charge in [-0.05, 0) is 22.6 Å². The summed E-state index contributed by atoms with van der Waals surface area (Å²) in [6, 6.07) is 21.2. The number of azide groups is 1. The van der Waals surface area contributed by atoms with Gasteiger partial charge in [-0.1, -0.05) is 94.1 Å². The minimum Gasteiger partial charge on any atom is -1.00 e. The van der Waals surface area contributed by atoms with Crippen LogP contribution in [0.1, 0.15) is 27.6 Å². The van der Waals surface area contributed by atoms with Gasteiger partial charge in [0.25, 0.3) is 0 Å². The molecule has 0 N–H and O–H groups in total. The van der Waals surface area contributed by atoms with Crippen molar-refractivity contribution in [2.75, 3.05) is 6.54 Å². The van der Waals surface area contributed by atoms with Gasteiger partial charge in [0.05, 0.1) is 0 Å².